The predicted octanol–water partition coefficient (Wildman–Crippen LogP) is 4.10. The van der Waals surface area contributed by atoms with Crippen molar-refractivity contribution in [2.45, 2.75) is 11.4 Å². The minimum Gasteiger partial charge on any atom is -0.497 e. The smallest absolute Gasteiger partial charge is 0.329 e. The van der Waals surface area contributed by atoms with Crippen molar-refractivity contribution in [1.82, 2.24) is 0 Å². The number of ether oxygens (including phenoxy) is 1. The lowest BCUT2D eigenvalue weighted by Crippen LogP contribution is -2.32. The second kappa shape index (κ2) is 7.07. The number of fused-ring (bicyclic) bond motifs is 1. The van der Waals surface area contributed by atoms with E-state index in [1.54, 1.807) is 7.11 Å². The Morgan fingerprint density at radius 3 is 2.62 bits per heavy atom. The van der Waals surface area contributed by atoms with Crippen LogP contribution in [0.25, 0.3) is 0 Å². The van der Waals surface area contributed by atoms with Gasteiger partial charge in [0, 0.05) is 17.5 Å². The van der Waals surface area contributed by atoms with E-state index in [1.807, 2.05) is 53.4 Å². The number of hydrogen-bond donors (Lipinski definition) is 1. The molecule has 0 bridgehead atoms. The third kappa shape index (κ3) is 3.44. The third-order valence-electron chi connectivity index (χ3n) is 3.59. The maximum atomic E-state index is 11.1. The van der Waals surface area contributed by atoms with Crippen molar-refractivity contribution in [2.24, 2.45) is 0 Å². The van der Waals surface area contributed by atoms with Crippen LogP contribution in [0.4, 0.5) is 5.69 Å². The monoisotopic (exact) mass is 357 g/mol. The first-order valence-corrected chi connectivity index (χ1v) is 8.47. The van der Waals surface area contributed by atoms with Crippen molar-refractivity contribution in [3.63, 3.8) is 0 Å². The Balaban J connectivity index is 1.97. The quantitative estimate of drug-likeness (QED) is 0.657. The first kappa shape index (κ1) is 16.5. The standard InChI is InChI=1S/C18H15NO3S2/c1-22-13-8-6-12(7-9-13)11-19-14-4-2-3-5-15(14)24-16(18(19)23)10-17(20)21/h2-10H,11H2,1H3,(H,20,21)/b16-10-. The van der Waals surface area contributed by atoms with Crippen LogP contribution in [0.3, 0.4) is 0 Å². The van der Waals surface area contributed by atoms with E-state index in [-0.39, 0.29) is 0 Å². The van der Waals surface area contributed by atoms with Gasteiger partial charge in [-0.25, -0.2) is 4.79 Å². The summed E-state index contributed by atoms with van der Waals surface area (Å²) in [6, 6.07) is 15.6. The molecule has 122 valence electrons. The van der Waals surface area contributed by atoms with Crippen LogP contribution in [0, 0.1) is 0 Å². The van der Waals surface area contributed by atoms with Gasteiger partial charge in [-0.05, 0) is 29.8 Å². The number of para-hydroxylation sites is 1. The van der Waals surface area contributed by atoms with Crippen LogP contribution < -0.4 is 9.64 Å². The average molecular weight is 357 g/mol. The molecule has 3 rings (SSSR count). The Bertz CT molecular complexity index is 815. The lowest BCUT2D eigenvalue weighted by Gasteiger charge is -2.32. The van der Waals surface area contributed by atoms with Gasteiger partial charge in [0.2, 0.25) is 0 Å². The molecule has 24 heavy (non-hydrogen) atoms. The lowest BCUT2D eigenvalue weighted by atomic mass is 10.1. The molecule has 1 aliphatic heterocycles. The Kier molecular flexibility index (Phi) is 4.87. The molecule has 0 spiro atoms. The summed E-state index contributed by atoms with van der Waals surface area (Å²) in [5, 5.41) is 9.08. The summed E-state index contributed by atoms with van der Waals surface area (Å²) in [4.78, 5) is 15.1. The van der Waals surface area contributed by atoms with Gasteiger partial charge in [-0.2, -0.15) is 0 Å². The fourth-order valence-corrected chi connectivity index (χ4v) is 3.82. The summed E-state index contributed by atoms with van der Waals surface area (Å²) >= 11 is 6.93. The van der Waals surface area contributed by atoms with Crippen LogP contribution >= 0.6 is 24.0 Å². The second-order valence-electron chi connectivity index (χ2n) is 5.16. The number of benzene rings is 2. The largest absolute Gasteiger partial charge is 0.497 e. The Morgan fingerprint density at radius 2 is 1.96 bits per heavy atom. The SMILES string of the molecule is COc1ccc(CN2C(=S)/C(=C/C(=O)O)Sc3ccccc32)cc1. The molecule has 0 atom stereocenters. The van der Waals surface area contributed by atoms with Crippen molar-refractivity contribution >= 4 is 40.6 Å². The predicted molar refractivity (Wildman–Crippen MR) is 99.8 cm³/mol. The van der Waals surface area contributed by atoms with Gasteiger partial charge in [0.05, 0.1) is 17.7 Å². The molecule has 2 aromatic carbocycles. The Labute approximate surface area is 149 Å². The molecule has 0 aromatic heterocycles. The van der Waals surface area contributed by atoms with Gasteiger partial charge in [-0.15, -0.1) is 0 Å². The summed E-state index contributed by atoms with van der Waals surface area (Å²) in [5.74, 6) is -0.203. The number of methoxy groups -OCH3 is 1. The Hall–Kier alpha value is -2.31. The summed E-state index contributed by atoms with van der Waals surface area (Å²) in [6.45, 7) is 0.567. The number of rotatable bonds is 4. The van der Waals surface area contributed by atoms with Gasteiger partial charge in [0.25, 0.3) is 0 Å². The molecule has 1 heterocycles. The van der Waals surface area contributed by atoms with E-state index >= 15 is 0 Å². The number of thioether (sulfide) groups is 1. The number of hydrogen-bond acceptors (Lipinski definition) is 4. The summed E-state index contributed by atoms with van der Waals surface area (Å²) < 4.78 is 5.18. The fourth-order valence-electron chi connectivity index (χ4n) is 2.44. The minimum absolute atomic E-state index is 0.525. The van der Waals surface area contributed by atoms with Crippen LogP contribution in [0.5, 0.6) is 5.75 Å². The number of anilines is 1. The number of thiocarbonyl (C=S) groups is 1. The molecule has 1 N–H and O–H groups in total. The topological polar surface area (TPSA) is 49.8 Å². The first-order valence-electron chi connectivity index (χ1n) is 7.25. The Morgan fingerprint density at radius 1 is 1.25 bits per heavy atom. The van der Waals surface area contributed by atoms with Gasteiger partial charge in [0.1, 0.15) is 10.7 Å². The normalized spacial score (nSPS) is 15.3. The van der Waals surface area contributed by atoms with E-state index < -0.39 is 5.97 Å². The lowest BCUT2D eigenvalue weighted by molar-refractivity contribution is -0.131. The van der Waals surface area contributed by atoms with Crippen LogP contribution in [-0.4, -0.2) is 23.2 Å². The molecule has 2 aromatic rings. The maximum absolute atomic E-state index is 11.1. The average Bonchev–Trinajstić information content (AvgIpc) is 2.58. The van der Waals surface area contributed by atoms with E-state index in [9.17, 15) is 4.79 Å². The van der Waals surface area contributed by atoms with Crippen molar-refractivity contribution in [3.05, 3.63) is 65.1 Å². The second-order valence-corrected chi connectivity index (χ2v) is 6.63. The van der Waals surface area contributed by atoms with E-state index in [2.05, 4.69) is 0 Å². The molecule has 6 heteroatoms. The molecule has 0 amide bonds. The van der Waals surface area contributed by atoms with Crippen LogP contribution in [0.15, 0.2) is 64.4 Å². The highest BCUT2D eigenvalue weighted by molar-refractivity contribution is 8.05. The van der Waals surface area contributed by atoms with Crippen molar-refractivity contribution in [3.8, 4) is 5.75 Å². The molecule has 0 saturated carbocycles. The van der Waals surface area contributed by atoms with E-state index in [0.717, 1.165) is 21.9 Å². The zero-order valence-electron chi connectivity index (χ0n) is 12.9. The summed E-state index contributed by atoms with van der Waals surface area (Å²) in [5.41, 5.74) is 2.06. The van der Waals surface area contributed by atoms with Crippen LogP contribution in [0.1, 0.15) is 5.56 Å². The van der Waals surface area contributed by atoms with E-state index in [0.29, 0.717) is 16.4 Å². The highest BCUT2D eigenvalue weighted by atomic mass is 32.2. The van der Waals surface area contributed by atoms with Gasteiger partial charge in [0.15, 0.2) is 0 Å². The number of carboxylic acids is 1. The van der Waals surface area contributed by atoms with Gasteiger partial charge in [-0.1, -0.05) is 48.2 Å². The van der Waals surface area contributed by atoms with Crippen molar-refractivity contribution < 1.29 is 14.6 Å². The summed E-state index contributed by atoms with van der Waals surface area (Å²) in [7, 11) is 1.63. The molecule has 0 radical (unpaired) electrons. The zero-order chi connectivity index (χ0) is 17.1. The fraction of sp³-hybridized carbons (Fsp3) is 0.111. The first-order chi connectivity index (χ1) is 11.6. The third-order valence-corrected chi connectivity index (χ3v) is 5.25. The number of carboxylic acid groups (broad SMARTS) is 1. The molecule has 4 nitrogen and oxygen atoms in total. The van der Waals surface area contributed by atoms with Gasteiger partial charge >= 0.3 is 5.97 Å². The minimum atomic E-state index is -0.997. The molecule has 0 fully saturated rings. The van der Waals surface area contributed by atoms with Crippen LogP contribution in [0.2, 0.25) is 0 Å². The molecule has 1 aliphatic rings. The highest BCUT2D eigenvalue weighted by Gasteiger charge is 2.26. The molecule has 0 saturated heterocycles. The maximum Gasteiger partial charge on any atom is 0.329 e. The zero-order valence-corrected chi connectivity index (χ0v) is 14.6. The van der Waals surface area contributed by atoms with Gasteiger partial charge in [-0.3, -0.25) is 0 Å². The van der Waals surface area contributed by atoms with E-state index in [1.165, 1.54) is 17.8 Å². The van der Waals surface area contributed by atoms with Crippen molar-refractivity contribution in [2.75, 3.05) is 12.0 Å². The van der Waals surface area contributed by atoms with Crippen LogP contribution in [-0.2, 0) is 11.3 Å². The number of nitrogens with zero attached hydrogens (tertiary/aromatic N) is 1. The van der Waals surface area contributed by atoms with Gasteiger partial charge < -0.3 is 14.7 Å². The molecule has 0 aliphatic carbocycles. The highest BCUT2D eigenvalue weighted by Crippen LogP contribution is 2.42. The number of carbonyl (C=O) groups is 1. The van der Waals surface area contributed by atoms with Crippen molar-refractivity contribution in [1.29, 1.82) is 0 Å². The molecular formula is C18H15NO3S2. The van der Waals surface area contributed by atoms with E-state index in [4.69, 9.17) is 22.1 Å². The molecular weight excluding hydrogens is 342 g/mol. The molecule has 0 unspecified atom stereocenters. The summed E-state index contributed by atoms with van der Waals surface area (Å²) in [6.07, 6.45) is 1.17. The number of aliphatic carboxylic acids is 1.